The molecule has 0 unspecified atom stereocenters. The van der Waals surface area contributed by atoms with Crippen LogP contribution in [0.2, 0.25) is 0 Å². The predicted molar refractivity (Wildman–Crippen MR) is 105 cm³/mol. The summed E-state index contributed by atoms with van der Waals surface area (Å²) in [4.78, 5) is 16.5. The molecule has 0 radical (unpaired) electrons. The van der Waals surface area contributed by atoms with Gasteiger partial charge in [-0.3, -0.25) is 14.6 Å². The van der Waals surface area contributed by atoms with Crippen LogP contribution < -0.4 is 10.1 Å². The topological polar surface area (TPSA) is 44.8 Å². The number of hydrogen-bond donors (Lipinski definition) is 1. The first-order valence-electron chi connectivity index (χ1n) is 9.39. The van der Waals surface area contributed by atoms with E-state index in [-0.39, 0.29) is 12.5 Å². The number of carbonyl (C=O) groups excluding carboxylic acids is 1. The van der Waals surface area contributed by atoms with Gasteiger partial charge in [-0.2, -0.15) is 13.2 Å². The number of anilines is 1. The van der Waals surface area contributed by atoms with E-state index in [1.165, 1.54) is 12.1 Å². The van der Waals surface area contributed by atoms with Gasteiger partial charge in [0.15, 0.2) is 0 Å². The fourth-order valence-electron chi connectivity index (χ4n) is 3.35. The van der Waals surface area contributed by atoms with Crippen LogP contribution >= 0.6 is 0 Å². The molecule has 2 aromatic carbocycles. The van der Waals surface area contributed by atoms with Gasteiger partial charge in [-0.1, -0.05) is 30.3 Å². The van der Waals surface area contributed by atoms with Gasteiger partial charge in [-0.15, -0.1) is 0 Å². The van der Waals surface area contributed by atoms with E-state index in [0.717, 1.165) is 6.07 Å². The molecule has 1 aliphatic heterocycles. The van der Waals surface area contributed by atoms with E-state index < -0.39 is 11.7 Å². The Morgan fingerprint density at radius 3 is 2.41 bits per heavy atom. The Kier molecular flexibility index (Phi) is 6.76. The number of halogens is 3. The van der Waals surface area contributed by atoms with Crippen molar-refractivity contribution in [2.24, 2.45) is 0 Å². The fraction of sp³-hybridized carbons (Fsp3) is 0.381. The minimum atomic E-state index is -4.33. The van der Waals surface area contributed by atoms with Crippen LogP contribution in [0, 0.1) is 0 Å². The van der Waals surface area contributed by atoms with Gasteiger partial charge in [0.2, 0.25) is 5.91 Å². The second-order valence-corrected chi connectivity index (χ2v) is 7.00. The Bertz CT molecular complexity index is 834. The highest BCUT2D eigenvalue weighted by molar-refractivity contribution is 5.93. The SMILES string of the molecule is COc1ccccc1NC(=O)CN1CCN(Cc2cccc(C(F)(F)F)c2)CC1. The number of rotatable bonds is 6. The van der Waals surface area contributed by atoms with Crippen molar-refractivity contribution >= 4 is 11.6 Å². The highest BCUT2D eigenvalue weighted by Gasteiger charge is 2.30. The maximum Gasteiger partial charge on any atom is 0.416 e. The number of nitrogens with zero attached hydrogens (tertiary/aromatic N) is 2. The molecule has 1 heterocycles. The summed E-state index contributed by atoms with van der Waals surface area (Å²) in [5.74, 6) is 0.479. The maximum atomic E-state index is 12.9. The standard InChI is InChI=1S/C21H24F3N3O2/c1-29-19-8-3-2-7-18(19)25-20(28)15-27-11-9-26(10-12-27)14-16-5-4-6-17(13-16)21(22,23)24/h2-8,13H,9-12,14-15H2,1H3,(H,25,28). The number of hydrogen-bond acceptors (Lipinski definition) is 4. The van der Waals surface area contributed by atoms with E-state index in [1.54, 1.807) is 25.3 Å². The zero-order valence-electron chi connectivity index (χ0n) is 16.2. The van der Waals surface area contributed by atoms with Gasteiger partial charge >= 0.3 is 6.18 Å². The van der Waals surface area contributed by atoms with Crippen LogP contribution in [-0.2, 0) is 17.5 Å². The minimum absolute atomic E-state index is 0.124. The van der Waals surface area contributed by atoms with Gasteiger partial charge in [-0.25, -0.2) is 0 Å². The molecule has 0 aliphatic carbocycles. The lowest BCUT2D eigenvalue weighted by Gasteiger charge is -2.34. The van der Waals surface area contributed by atoms with Crippen LogP contribution in [0.1, 0.15) is 11.1 Å². The summed E-state index contributed by atoms with van der Waals surface area (Å²) in [7, 11) is 1.55. The molecule has 29 heavy (non-hydrogen) atoms. The lowest BCUT2D eigenvalue weighted by molar-refractivity contribution is -0.137. The number of carbonyl (C=O) groups is 1. The van der Waals surface area contributed by atoms with Crippen LogP contribution in [-0.4, -0.2) is 55.5 Å². The highest BCUT2D eigenvalue weighted by atomic mass is 19.4. The molecule has 1 N–H and O–H groups in total. The molecule has 0 aromatic heterocycles. The number of nitrogens with one attached hydrogen (secondary N) is 1. The Labute approximate surface area is 168 Å². The lowest BCUT2D eigenvalue weighted by Crippen LogP contribution is -2.48. The molecule has 8 heteroatoms. The summed E-state index contributed by atoms with van der Waals surface area (Å²) in [5, 5.41) is 2.85. The van der Waals surface area contributed by atoms with E-state index in [4.69, 9.17) is 4.74 Å². The monoisotopic (exact) mass is 407 g/mol. The van der Waals surface area contributed by atoms with Crippen LogP contribution in [0.5, 0.6) is 5.75 Å². The largest absolute Gasteiger partial charge is 0.495 e. The van der Waals surface area contributed by atoms with Gasteiger partial charge in [-0.05, 0) is 23.8 Å². The van der Waals surface area contributed by atoms with Gasteiger partial charge in [0, 0.05) is 32.7 Å². The van der Waals surface area contributed by atoms with Crippen molar-refractivity contribution in [2.75, 3.05) is 45.2 Å². The molecular formula is C21H24F3N3O2. The Morgan fingerprint density at radius 2 is 1.72 bits per heavy atom. The molecule has 0 saturated carbocycles. The zero-order valence-corrected chi connectivity index (χ0v) is 16.2. The summed E-state index contributed by atoms with van der Waals surface area (Å²) in [5.41, 5.74) is 0.645. The molecule has 1 amide bonds. The quantitative estimate of drug-likeness (QED) is 0.797. The smallest absolute Gasteiger partial charge is 0.416 e. The number of amides is 1. The van der Waals surface area contributed by atoms with Crippen molar-refractivity contribution < 1.29 is 22.7 Å². The van der Waals surface area contributed by atoms with Crippen LogP contribution in [0.25, 0.3) is 0 Å². The number of piperazine rings is 1. The molecule has 1 fully saturated rings. The van der Waals surface area contributed by atoms with E-state index in [0.29, 0.717) is 49.7 Å². The normalized spacial score (nSPS) is 15.9. The molecule has 156 valence electrons. The van der Waals surface area contributed by atoms with Crippen molar-refractivity contribution in [3.8, 4) is 5.75 Å². The second-order valence-electron chi connectivity index (χ2n) is 7.00. The molecule has 0 spiro atoms. The molecule has 2 aromatic rings. The van der Waals surface area contributed by atoms with Crippen LogP contribution in [0.3, 0.4) is 0 Å². The average Bonchev–Trinajstić information content (AvgIpc) is 2.69. The Balaban J connectivity index is 1.47. The Morgan fingerprint density at radius 1 is 1.03 bits per heavy atom. The first-order chi connectivity index (χ1) is 13.8. The number of ether oxygens (including phenoxy) is 1. The second kappa shape index (κ2) is 9.28. The van der Waals surface area contributed by atoms with Crippen molar-refractivity contribution in [3.63, 3.8) is 0 Å². The van der Waals surface area contributed by atoms with Crippen molar-refractivity contribution in [2.45, 2.75) is 12.7 Å². The summed E-state index contributed by atoms with van der Waals surface area (Å²) in [6.07, 6.45) is -4.33. The zero-order chi connectivity index (χ0) is 20.9. The molecular weight excluding hydrogens is 383 g/mol. The number of methoxy groups -OCH3 is 1. The van der Waals surface area contributed by atoms with Crippen molar-refractivity contribution in [3.05, 3.63) is 59.7 Å². The molecule has 0 atom stereocenters. The van der Waals surface area contributed by atoms with E-state index >= 15 is 0 Å². The van der Waals surface area contributed by atoms with E-state index in [2.05, 4.69) is 10.2 Å². The predicted octanol–water partition coefficient (Wildman–Crippen LogP) is 3.47. The van der Waals surface area contributed by atoms with E-state index in [1.807, 2.05) is 17.0 Å². The first-order valence-corrected chi connectivity index (χ1v) is 9.39. The number of benzene rings is 2. The molecule has 0 bridgehead atoms. The lowest BCUT2D eigenvalue weighted by atomic mass is 10.1. The van der Waals surface area contributed by atoms with Crippen LogP contribution in [0.4, 0.5) is 18.9 Å². The minimum Gasteiger partial charge on any atom is -0.495 e. The average molecular weight is 407 g/mol. The van der Waals surface area contributed by atoms with E-state index in [9.17, 15) is 18.0 Å². The summed E-state index contributed by atoms with van der Waals surface area (Å²) in [6, 6.07) is 12.7. The Hall–Kier alpha value is -2.58. The maximum absolute atomic E-state index is 12.9. The van der Waals surface area contributed by atoms with Crippen molar-refractivity contribution in [1.29, 1.82) is 0 Å². The van der Waals surface area contributed by atoms with Crippen LogP contribution in [0.15, 0.2) is 48.5 Å². The third kappa shape index (κ3) is 5.95. The highest BCUT2D eigenvalue weighted by Crippen LogP contribution is 2.29. The molecule has 1 saturated heterocycles. The first kappa shape index (κ1) is 21.1. The van der Waals surface area contributed by atoms with Gasteiger partial charge in [0.1, 0.15) is 5.75 Å². The third-order valence-electron chi connectivity index (χ3n) is 4.87. The summed E-state index contributed by atoms with van der Waals surface area (Å²) in [6.45, 7) is 3.47. The molecule has 3 rings (SSSR count). The fourth-order valence-corrected chi connectivity index (χ4v) is 3.35. The molecule has 5 nitrogen and oxygen atoms in total. The van der Waals surface area contributed by atoms with Gasteiger partial charge in [0.05, 0.1) is 24.9 Å². The molecule has 1 aliphatic rings. The number of para-hydroxylation sites is 2. The summed E-state index contributed by atoms with van der Waals surface area (Å²) >= 11 is 0. The third-order valence-corrected chi connectivity index (χ3v) is 4.87. The van der Waals surface area contributed by atoms with Gasteiger partial charge in [0.25, 0.3) is 0 Å². The van der Waals surface area contributed by atoms with Crippen molar-refractivity contribution in [1.82, 2.24) is 9.80 Å². The number of alkyl halides is 3. The summed E-state index contributed by atoms with van der Waals surface area (Å²) < 4.78 is 43.8. The van der Waals surface area contributed by atoms with Gasteiger partial charge < -0.3 is 10.1 Å².